The van der Waals surface area contributed by atoms with Crippen molar-refractivity contribution >= 4 is 8.56 Å². The first-order valence-electron chi connectivity index (χ1n) is 6.75. The van der Waals surface area contributed by atoms with Gasteiger partial charge in [0, 0.05) is 19.8 Å². The van der Waals surface area contributed by atoms with Gasteiger partial charge in [0.15, 0.2) is 0 Å². The SMILES string of the molecule is CO[Si](CCC(C)C)(OC)C1CCCCC1. The van der Waals surface area contributed by atoms with E-state index in [0.29, 0.717) is 0 Å². The lowest BCUT2D eigenvalue weighted by Crippen LogP contribution is -2.46. The van der Waals surface area contributed by atoms with Gasteiger partial charge in [0.1, 0.15) is 0 Å². The Morgan fingerprint density at radius 3 is 2.06 bits per heavy atom. The molecule has 0 unspecified atom stereocenters. The van der Waals surface area contributed by atoms with Crippen molar-refractivity contribution in [2.24, 2.45) is 5.92 Å². The third kappa shape index (κ3) is 3.57. The van der Waals surface area contributed by atoms with Crippen molar-refractivity contribution in [3.05, 3.63) is 0 Å². The van der Waals surface area contributed by atoms with E-state index in [4.69, 9.17) is 8.85 Å². The lowest BCUT2D eigenvalue weighted by atomic mass is 10.0. The van der Waals surface area contributed by atoms with Gasteiger partial charge >= 0.3 is 8.56 Å². The summed E-state index contributed by atoms with van der Waals surface area (Å²) in [5, 5.41) is 0. The minimum Gasteiger partial charge on any atom is -0.397 e. The van der Waals surface area contributed by atoms with E-state index in [9.17, 15) is 0 Å². The third-order valence-corrected chi connectivity index (χ3v) is 8.18. The van der Waals surface area contributed by atoms with Gasteiger partial charge < -0.3 is 8.85 Å². The Morgan fingerprint density at radius 1 is 1.06 bits per heavy atom. The van der Waals surface area contributed by atoms with Crippen molar-refractivity contribution in [2.75, 3.05) is 14.2 Å². The summed E-state index contributed by atoms with van der Waals surface area (Å²) < 4.78 is 11.8. The second kappa shape index (κ2) is 6.77. The van der Waals surface area contributed by atoms with Gasteiger partial charge in [0.05, 0.1) is 0 Å². The summed E-state index contributed by atoms with van der Waals surface area (Å²) in [6, 6.07) is 1.17. The minimum absolute atomic E-state index is 0.731. The molecule has 0 saturated heterocycles. The van der Waals surface area contributed by atoms with Crippen molar-refractivity contribution in [1.29, 1.82) is 0 Å². The zero-order valence-corrected chi connectivity index (χ0v) is 12.4. The fraction of sp³-hybridized carbons (Fsp3) is 1.00. The molecule has 0 spiro atoms. The van der Waals surface area contributed by atoms with Crippen LogP contribution < -0.4 is 0 Å². The summed E-state index contributed by atoms with van der Waals surface area (Å²) in [7, 11) is 1.83. The van der Waals surface area contributed by atoms with Gasteiger partial charge in [-0.2, -0.15) is 0 Å². The van der Waals surface area contributed by atoms with Crippen LogP contribution in [0.25, 0.3) is 0 Å². The summed E-state index contributed by atoms with van der Waals surface area (Å²) in [4.78, 5) is 0. The maximum absolute atomic E-state index is 5.89. The monoisotopic (exact) mass is 244 g/mol. The Balaban J connectivity index is 2.61. The Kier molecular flexibility index (Phi) is 6.01. The molecule has 1 aliphatic rings. The van der Waals surface area contributed by atoms with Gasteiger partial charge in [-0.15, -0.1) is 0 Å². The molecule has 1 fully saturated rings. The average Bonchev–Trinajstić information content (AvgIpc) is 2.32. The molecule has 0 amide bonds. The normalized spacial score (nSPS) is 19.3. The number of hydrogen-bond donors (Lipinski definition) is 0. The maximum atomic E-state index is 5.89. The quantitative estimate of drug-likeness (QED) is 0.655. The molecular formula is C13H28O2Si. The Bertz CT molecular complexity index is 184. The highest BCUT2D eigenvalue weighted by atomic mass is 28.4. The van der Waals surface area contributed by atoms with Crippen LogP contribution in [0.1, 0.15) is 52.4 Å². The molecule has 0 aromatic rings. The first kappa shape index (κ1) is 14.2. The second-order valence-electron chi connectivity index (χ2n) is 5.49. The molecule has 0 N–H and O–H groups in total. The van der Waals surface area contributed by atoms with Crippen molar-refractivity contribution in [3.63, 3.8) is 0 Å². The van der Waals surface area contributed by atoms with Crippen LogP contribution in [0.3, 0.4) is 0 Å². The van der Waals surface area contributed by atoms with Crippen LogP contribution in [-0.2, 0) is 8.85 Å². The molecule has 16 heavy (non-hydrogen) atoms. The predicted octanol–water partition coefficient (Wildman–Crippen LogP) is 4.10. The third-order valence-electron chi connectivity index (χ3n) is 3.99. The molecular weight excluding hydrogens is 216 g/mol. The van der Waals surface area contributed by atoms with Crippen LogP contribution in [0.2, 0.25) is 11.6 Å². The molecule has 0 atom stereocenters. The molecule has 1 aliphatic carbocycles. The van der Waals surface area contributed by atoms with E-state index in [1.807, 2.05) is 14.2 Å². The standard InChI is InChI=1S/C13H28O2Si/c1-12(2)10-11-16(14-3,15-4)13-8-6-5-7-9-13/h12-13H,5-11H2,1-4H3. The highest BCUT2D eigenvalue weighted by molar-refractivity contribution is 6.69. The van der Waals surface area contributed by atoms with Crippen molar-refractivity contribution in [3.8, 4) is 0 Å². The van der Waals surface area contributed by atoms with Crippen LogP contribution in [0, 0.1) is 5.92 Å². The topological polar surface area (TPSA) is 18.5 Å². The Morgan fingerprint density at radius 2 is 1.62 bits per heavy atom. The summed E-state index contributed by atoms with van der Waals surface area (Å²) in [5.74, 6) is 0.751. The van der Waals surface area contributed by atoms with E-state index in [-0.39, 0.29) is 0 Å². The minimum atomic E-state index is -1.91. The van der Waals surface area contributed by atoms with Crippen LogP contribution in [0.5, 0.6) is 0 Å². The Hall–Kier alpha value is 0.137. The summed E-state index contributed by atoms with van der Waals surface area (Å²) in [5.41, 5.74) is 0.731. The zero-order chi connectivity index (χ0) is 12.0. The Labute approximate surface area is 102 Å². The first-order valence-corrected chi connectivity index (χ1v) is 8.85. The molecule has 2 nitrogen and oxygen atoms in total. The largest absolute Gasteiger partial charge is 0.397 e. The van der Waals surface area contributed by atoms with Gasteiger partial charge in [-0.1, -0.05) is 33.1 Å². The zero-order valence-electron chi connectivity index (χ0n) is 11.4. The van der Waals surface area contributed by atoms with Gasteiger partial charge in [0.25, 0.3) is 0 Å². The van der Waals surface area contributed by atoms with E-state index in [0.717, 1.165) is 11.5 Å². The lowest BCUT2D eigenvalue weighted by molar-refractivity contribution is 0.213. The van der Waals surface area contributed by atoms with Crippen LogP contribution in [0.15, 0.2) is 0 Å². The van der Waals surface area contributed by atoms with Crippen molar-refractivity contribution in [2.45, 2.75) is 64.0 Å². The van der Waals surface area contributed by atoms with Crippen LogP contribution in [-0.4, -0.2) is 22.8 Å². The number of hydrogen-bond acceptors (Lipinski definition) is 2. The molecule has 3 heteroatoms. The fourth-order valence-electron chi connectivity index (χ4n) is 2.86. The average molecular weight is 244 g/mol. The van der Waals surface area contributed by atoms with Crippen LogP contribution >= 0.6 is 0 Å². The van der Waals surface area contributed by atoms with E-state index in [2.05, 4.69) is 13.8 Å². The van der Waals surface area contributed by atoms with E-state index < -0.39 is 8.56 Å². The van der Waals surface area contributed by atoms with E-state index in [1.54, 1.807) is 0 Å². The molecule has 1 saturated carbocycles. The van der Waals surface area contributed by atoms with Gasteiger partial charge in [-0.25, -0.2) is 0 Å². The molecule has 1 rings (SSSR count). The summed E-state index contributed by atoms with van der Waals surface area (Å²) >= 11 is 0. The van der Waals surface area contributed by atoms with Gasteiger partial charge in [-0.05, 0) is 31.2 Å². The molecule has 0 heterocycles. The highest BCUT2D eigenvalue weighted by Gasteiger charge is 2.44. The van der Waals surface area contributed by atoms with E-state index in [1.165, 1.54) is 44.6 Å². The van der Waals surface area contributed by atoms with Crippen molar-refractivity contribution < 1.29 is 8.85 Å². The summed E-state index contributed by atoms with van der Waals surface area (Å²) in [6.07, 6.45) is 8.03. The second-order valence-corrected chi connectivity index (χ2v) is 9.24. The molecule has 0 radical (unpaired) electrons. The maximum Gasteiger partial charge on any atom is 0.340 e. The predicted molar refractivity (Wildman–Crippen MR) is 70.9 cm³/mol. The molecule has 96 valence electrons. The molecule has 0 aliphatic heterocycles. The lowest BCUT2D eigenvalue weighted by Gasteiger charge is -2.37. The van der Waals surface area contributed by atoms with E-state index >= 15 is 0 Å². The summed E-state index contributed by atoms with van der Waals surface area (Å²) in [6.45, 7) is 4.57. The first-order chi connectivity index (χ1) is 7.64. The van der Waals surface area contributed by atoms with Crippen molar-refractivity contribution in [1.82, 2.24) is 0 Å². The smallest absolute Gasteiger partial charge is 0.340 e. The highest BCUT2D eigenvalue weighted by Crippen LogP contribution is 2.40. The van der Waals surface area contributed by atoms with Gasteiger partial charge in [-0.3, -0.25) is 0 Å². The number of rotatable bonds is 6. The fourth-order valence-corrected chi connectivity index (χ4v) is 6.77. The van der Waals surface area contributed by atoms with Gasteiger partial charge in [0.2, 0.25) is 0 Å². The molecule has 0 aromatic heterocycles. The molecule has 0 aromatic carbocycles. The molecule has 0 bridgehead atoms. The van der Waals surface area contributed by atoms with Crippen LogP contribution in [0.4, 0.5) is 0 Å².